The molecule has 0 heterocycles. The standard InChI is InChI=1S/C20H30O/c1-3-14-5-9-19-18-7-4-13-12-15(21)6-8-16(13)17(18)10-11-20(14,19)2/h3,13,16-19H,4-12H2,1-2H3/b14-3-/t13-,16+,17-,18-,19+,20-/m1/s1. The lowest BCUT2D eigenvalue weighted by atomic mass is 9.50. The molecule has 4 rings (SSSR count). The molecule has 0 aliphatic heterocycles. The molecule has 0 N–H and O–H groups in total. The average Bonchev–Trinajstić information content (AvgIpc) is 2.83. The van der Waals surface area contributed by atoms with Gasteiger partial charge in [-0.1, -0.05) is 18.6 Å². The molecule has 0 bridgehead atoms. The third-order valence-electron chi connectivity index (χ3n) is 7.96. The van der Waals surface area contributed by atoms with Crippen molar-refractivity contribution < 1.29 is 4.79 Å². The van der Waals surface area contributed by atoms with Crippen LogP contribution >= 0.6 is 0 Å². The lowest BCUT2D eigenvalue weighted by Gasteiger charge is -2.54. The molecule has 4 saturated carbocycles. The molecule has 4 aliphatic carbocycles. The number of fused-ring (bicyclic) bond motifs is 5. The van der Waals surface area contributed by atoms with Gasteiger partial charge in [-0.05, 0) is 86.9 Å². The number of ketones is 1. The van der Waals surface area contributed by atoms with Crippen LogP contribution in [-0.2, 0) is 4.79 Å². The fourth-order valence-corrected chi connectivity index (χ4v) is 6.98. The van der Waals surface area contributed by atoms with E-state index in [4.69, 9.17) is 0 Å². The summed E-state index contributed by atoms with van der Waals surface area (Å²) in [6.45, 7) is 4.81. The minimum atomic E-state index is 0.521. The Morgan fingerprint density at radius 3 is 2.67 bits per heavy atom. The monoisotopic (exact) mass is 286 g/mol. The molecule has 0 amide bonds. The third kappa shape index (κ3) is 1.99. The van der Waals surface area contributed by atoms with Gasteiger partial charge in [-0.15, -0.1) is 0 Å². The molecule has 4 aliphatic rings. The first-order chi connectivity index (χ1) is 10.1. The Balaban J connectivity index is 1.59. The first-order valence-electron chi connectivity index (χ1n) is 9.31. The van der Waals surface area contributed by atoms with Crippen LogP contribution in [0, 0.1) is 35.0 Å². The molecular formula is C20H30O. The topological polar surface area (TPSA) is 17.1 Å². The van der Waals surface area contributed by atoms with Gasteiger partial charge in [-0.25, -0.2) is 0 Å². The summed E-state index contributed by atoms with van der Waals surface area (Å²) in [5, 5.41) is 0. The number of carbonyl (C=O) groups excluding carboxylic acids is 1. The molecule has 6 atom stereocenters. The van der Waals surface area contributed by atoms with Gasteiger partial charge in [0.15, 0.2) is 0 Å². The van der Waals surface area contributed by atoms with Crippen molar-refractivity contribution in [3.05, 3.63) is 11.6 Å². The quantitative estimate of drug-likeness (QED) is 0.562. The summed E-state index contributed by atoms with van der Waals surface area (Å²) < 4.78 is 0. The van der Waals surface area contributed by atoms with Crippen LogP contribution in [0.1, 0.15) is 71.6 Å². The first kappa shape index (κ1) is 14.0. The molecule has 1 heteroatoms. The summed E-state index contributed by atoms with van der Waals surface area (Å²) in [7, 11) is 0. The predicted octanol–water partition coefficient (Wildman–Crippen LogP) is 5.15. The zero-order valence-electron chi connectivity index (χ0n) is 13.7. The minimum absolute atomic E-state index is 0.521. The van der Waals surface area contributed by atoms with Gasteiger partial charge in [0.2, 0.25) is 0 Å². The zero-order chi connectivity index (χ0) is 14.6. The second-order valence-electron chi connectivity index (χ2n) is 8.53. The van der Waals surface area contributed by atoms with E-state index in [2.05, 4.69) is 19.9 Å². The van der Waals surface area contributed by atoms with Crippen LogP contribution in [0.15, 0.2) is 11.6 Å². The molecule has 21 heavy (non-hydrogen) atoms. The molecule has 0 aromatic heterocycles. The smallest absolute Gasteiger partial charge is 0.133 e. The Kier molecular flexibility index (Phi) is 3.32. The van der Waals surface area contributed by atoms with E-state index in [0.717, 1.165) is 42.4 Å². The lowest BCUT2D eigenvalue weighted by Crippen LogP contribution is -2.47. The van der Waals surface area contributed by atoms with E-state index in [0.29, 0.717) is 11.2 Å². The Morgan fingerprint density at radius 1 is 1.00 bits per heavy atom. The van der Waals surface area contributed by atoms with Crippen LogP contribution in [-0.4, -0.2) is 5.78 Å². The van der Waals surface area contributed by atoms with Gasteiger partial charge in [0, 0.05) is 12.8 Å². The highest BCUT2D eigenvalue weighted by atomic mass is 16.1. The number of allylic oxidation sites excluding steroid dienone is 2. The van der Waals surface area contributed by atoms with Crippen LogP contribution in [0.3, 0.4) is 0 Å². The van der Waals surface area contributed by atoms with Crippen molar-refractivity contribution in [3.8, 4) is 0 Å². The molecule has 116 valence electrons. The van der Waals surface area contributed by atoms with Crippen LogP contribution in [0.25, 0.3) is 0 Å². The van der Waals surface area contributed by atoms with E-state index >= 15 is 0 Å². The highest BCUT2D eigenvalue weighted by Gasteiger charge is 2.54. The van der Waals surface area contributed by atoms with Gasteiger partial charge in [0.25, 0.3) is 0 Å². The van der Waals surface area contributed by atoms with E-state index in [-0.39, 0.29) is 0 Å². The lowest BCUT2D eigenvalue weighted by molar-refractivity contribution is -0.126. The zero-order valence-corrected chi connectivity index (χ0v) is 13.7. The Hall–Kier alpha value is -0.590. The van der Waals surface area contributed by atoms with Gasteiger partial charge in [-0.3, -0.25) is 4.79 Å². The third-order valence-corrected chi connectivity index (χ3v) is 7.96. The largest absolute Gasteiger partial charge is 0.300 e. The van der Waals surface area contributed by atoms with Crippen LogP contribution < -0.4 is 0 Å². The van der Waals surface area contributed by atoms with E-state index in [9.17, 15) is 4.79 Å². The maximum absolute atomic E-state index is 11.8. The number of rotatable bonds is 0. The molecule has 0 spiro atoms. The van der Waals surface area contributed by atoms with E-state index in [1.165, 1.54) is 44.9 Å². The number of hydrogen-bond donors (Lipinski definition) is 0. The normalized spacial score (nSPS) is 51.4. The Morgan fingerprint density at radius 2 is 1.86 bits per heavy atom. The van der Waals surface area contributed by atoms with Gasteiger partial charge < -0.3 is 0 Å². The molecule has 1 nitrogen and oxygen atoms in total. The summed E-state index contributed by atoms with van der Waals surface area (Å²) in [5.41, 5.74) is 2.28. The molecule has 4 fully saturated rings. The Bertz CT molecular complexity index is 476. The van der Waals surface area contributed by atoms with Gasteiger partial charge in [0.1, 0.15) is 5.78 Å². The molecule has 0 radical (unpaired) electrons. The van der Waals surface area contributed by atoms with Crippen molar-refractivity contribution in [2.24, 2.45) is 35.0 Å². The predicted molar refractivity (Wildman–Crippen MR) is 85.9 cm³/mol. The molecule has 0 saturated heterocycles. The molecular weight excluding hydrogens is 256 g/mol. The summed E-state index contributed by atoms with van der Waals surface area (Å²) in [6, 6.07) is 0. The first-order valence-corrected chi connectivity index (χ1v) is 9.31. The van der Waals surface area contributed by atoms with Crippen LogP contribution in [0.4, 0.5) is 0 Å². The van der Waals surface area contributed by atoms with Crippen molar-refractivity contribution in [1.82, 2.24) is 0 Å². The highest BCUT2D eigenvalue weighted by Crippen LogP contribution is 2.63. The second kappa shape index (κ2) is 4.96. The van der Waals surface area contributed by atoms with Crippen molar-refractivity contribution in [2.75, 3.05) is 0 Å². The fraction of sp³-hybridized carbons (Fsp3) is 0.850. The summed E-state index contributed by atoms with van der Waals surface area (Å²) in [5.74, 6) is 5.05. The summed E-state index contributed by atoms with van der Waals surface area (Å²) in [4.78, 5) is 11.8. The molecule has 0 aromatic rings. The maximum Gasteiger partial charge on any atom is 0.133 e. The van der Waals surface area contributed by atoms with E-state index in [1.807, 2.05) is 0 Å². The maximum atomic E-state index is 11.8. The van der Waals surface area contributed by atoms with Crippen LogP contribution in [0.5, 0.6) is 0 Å². The summed E-state index contributed by atoms with van der Waals surface area (Å²) in [6.07, 6.45) is 13.8. The van der Waals surface area contributed by atoms with Crippen LogP contribution in [0.2, 0.25) is 0 Å². The van der Waals surface area contributed by atoms with Crippen molar-refractivity contribution in [3.63, 3.8) is 0 Å². The van der Waals surface area contributed by atoms with Crippen molar-refractivity contribution in [2.45, 2.75) is 71.6 Å². The second-order valence-corrected chi connectivity index (χ2v) is 8.53. The highest BCUT2D eigenvalue weighted by molar-refractivity contribution is 5.79. The Labute approximate surface area is 129 Å². The fourth-order valence-electron chi connectivity index (χ4n) is 6.98. The van der Waals surface area contributed by atoms with E-state index in [1.54, 1.807) is 5.57 Å². The SMILES string of the molecule is C/C=C1/CC[C@H]2[C@@H]3CC[C@@H]4CC(=O)CC[C@@H]4[C@H]3CC[C@]12C. The van der Waals surface area contributed by atoms with Gasteiger partial charge >= 0.3 is 0 Å². The summed E-state index contributed by atoms with van der Waals surface area (Å²) >= 11 is 0. The average molecular weight is 286 g/mol. The van der Waals surface area contributed by atoms with Gasteiger partial charge in [0.05, 0.1) is 0 Å². The minimum Gasteiger partial charge on any atom is -0.300 e. The molecule has 0 aromatic carbocycles. The number of Topliss-reactive ketones (excluding diaryl/α,β-unsaturated/α-hetero) is 1. The van der Waals surface area contributed by atoms with Gasteiger partial charge in [-0.2, -0.15) is 0 Å². The van der Waals surface area contributed by atoms with E-state index < -0.39 is 0 Å². The molecule has 0 unspecified atom stereocenters. The number of carbonyl (C=O) groups is 1. The van der Waals surface area contributed by atoms with Crippen molar-refractivity contribution in [1.29, 1.82) is 0 Å². The van der Waals surface area contributed by atoms with Crippen molar-refractivity contribution >= 4 is 5.78 Å². The number of hydrogen-bond acceptors (Lipinski definition) is 1.